The van der Waals surface area contributed by atoms with Crippen LogP contribution in [0.5, 0.6) is 5.75 Å². The Hall–Kier alpha value is -1.28. The second-order valence-corrected chi connectivity index (χ2v) is 3.22. The summed E-state index contributed by atoms with van der Waals surface area (Å²) in [6, 6.07) is 9.73. The van der Waals surface area contributed by atoms with Crippen molar-refractivity contribution in [2.45, 2.75) is 33.0 Å². The van der Waals surface area contributed by atoms with Gasteiger partial charge in [-0.05, 0) is 25.5 Å². The van der Waals surface area contributed by atoms with E-state index in [4.69, 9.17) is 9.47 Å². The van der Waals surface area contributed by atoms with Crippen LogP contribution >= 0.6 is 0 Å². The second kappa shape index (κ2) is 10.2. The molecular formula is C14H22O2. The van der Waals surface area contributed by atoms with Crippen molar-refractivity contribution in [2.75, 3.05) is 6.61 Å². The van der Waals surface area contributed by atoms with E-state index in [9.17, 15) is 0 Å². The summed E-state index contributed by atoms with van der Waals surface area (Å²) < 4.78 is 11.0. The average Bonchev–Trinajstić information content (AvgIpc) is 2.33. The predicted octanol–water partition coefficient (Wildman–Crippen LogP) is 4.03. The van der Waals surface area contributed by atoms with Gasteiger partial charge in [0.15, 0.2) is 6.29 Å². The first kappa shape index (κ1) is 14.7. The number of para-hydroxylation sites is 1. The molecule has 0 spiro atoms. The van der Waals surface area contributed by atoms with Crippen molar-refractivity contribution in [3.8, 4) is 5.75 Å². The standard InChI is InChI=1S/C12H18O2.C2H4/c1-3-4-10-13-11(2)14-12-8-6-5-7-9-12;1-2/h5-9,11H,3-4,10H2,1-2H3;1-2H2. The fourth-order valence-electron chi connectivity index (χ4n) is 1.12. The maximum Gasteiger partial charge on any atom is 0.196 e. The highest BCUT2D eigenvalue weighted by molar-refractivity contribution is 5.20. The van der Waals surface area contributed by atoms with Gasteiger partial charge < -0.3 is 9.47 Å². The van der Waals surface area contributed by atoms with E-state index in [0.29, 0.717) is 0 Å². The van der Waals surface area contributed by atoms with E-state index in [0.717, 1.165) is 25.2 Å². The molecule has 90 valence electrons. The molecule has 0 saturated carbocycles. The van der Waals surface area contributed by atoms with E-state index < -0.39 is 0 Å². The predicted molar refractivity (Wildman–Crippen MR) is 68.6 cm³/mol. The number of ether oxygens (including phenoxy) is 2. The van der Waals surface area contributed by atoms with Gasteiger partial charge in [-0.1, -0.05) is 31.5 Å². The smallest absolute Gasteiger partial charge is 0.196 e. The third kappa shape index (κ3) is 7.07. The monoisotopic (exact) mass is 222 g/mol. The summed E-state index contributed by atoms with van der Waals surface area (Å²) in [5, 5.41) is 0. The molecule has 0 fully saturated rings. The van der Waals surface area contributed by atoms with Crippen molar-refractivity contribution >= 4 is 0 Å². The zero-order chi connectivity index (χ0) is 12.2. The minimum Gasteiger partial charge on any atom is -0.465 e. The molecule has 0 heterocycles. The van der Waals surface area contributed by atoms with Gasteiger partial charge in [-0.3, -0.25) is 0 Å². The van der Waals surface area contributed by atoms with E-state index >= 15 is 0 Å². The SMILES string of the molecule is C=C.CCCCOC(C)Oc1ccccc1. The molecule has 1 rings (SSSR count). The first-order valence-corrected chi connectivity index (χ1v) is 5.66. The highest BCUT2D eigenvalue weighted by Crippen LogP contribution is 2.11. The van der Waals surface area contributed by atoms with E-state index in [1.54, 1.807) is 0 Å². The topological polar surface area (TPSA) is 18.5 Å². The molecule has 0 aliphatic rings. The average molecular weight is 222 g/mol. The molecule has 0 aromatic heterocycles. The van der Waals surface area contributed by atoms with Crippen LogP contribution in [0.1, 0.15) is 26.7 Å². The van der Waals surface area contributed by atoms with Crippen LogP contribution in [-0.2, 0) is 4.74 Å². The lowest BCUT2D eigenvalue weighted by molar-refractivity contribution is -0.0673. The number of unbranched alkanes of at least 4 members (excludes halogenated alkanes) is 1. The summed E-state index contributed by atoms with van der Waals surface area (Å²) in [6.45, 7) is 10.8. The van der Waals surface area contributed by atoms with E-state index in [2.05, 4.69) is 20.1 Å². The molecule has 1 unspecified atom stereocenters. The van der Waals surface area contributed by atoms with Crippen molar-refractivity contribution in [3.63, 3.8) is 0 Å². The van der Waals surface area contributed by atoms with Gasteiger partial charge in [-0.15, -0.1) is 13.2 Å². The van der Waals surface area contributed by atoms with Crippen LogP contribution < -0.4 is 4.74 Å². The molecule has 2 nitrogen and oxygen atoms in total. The maximum absolute atomic E-state index is 5.54. The van der Waals surface area contributed by atoms with E-state index in [-0.39, 0.29) is 6.29 Å². The highest BCUT2D eigenvalue weighted by atomic mass is 16.7. The van der Waals surface area contributed by atoms with Gasteiger partial charge in [-0.2, -0.15) is 0 Å². The number of benzene rings is 1. The molecular weight excluding hydrogens is 200 g/mol. The Morgan fingerprint density at radius 1 is 1.19 bits per heavy atom. The first-order valence-electron chi connectivity index (χ1n) is 5.66. The minimum atomic E-state index is -0.163. The first-order chi connectivity index (χ1) is 7.83. The minimum absolute atomic E-state index is 0.163. The van der Waals surface area contributed by atoms with Gasteiger partial charge in [0.05, 0.1) is 6.61 Å². The van der Waals surface area contributed by atoms with Crippen molar-refractivity contribution in [2.24, 2.45) is 0 Å². The molecule has 0 saturated heterocycles. The Kier molecular flexibility index (Phi) is 9.43. The Morgan fingerprint density at radius 3 is 2.38 bits per heavy atom. The lowest BCUT2D eigenvalue weighted by Gasteiger charge is -2.14. The van der Waals surface area contributed by atoms with Crippen molar-refractivity contribution < 1.29 is 9.47 Å². The molecule has 0 bridgehead atoms. The molecule has 0 aliphatic heterocycles. The van der Waals surface area contributed by atoms with Gasteiger partial charge >= 0.3 is 0 Å². The number of hydrogen-bond acceptors (Lipinski definition) is 2. The van der Waals surface area contributed by atoms with Gasteiger partial charge in [-0.25, -0.2) is 0 Å². The molecule has 0 amide bonds. The summed E-state index contributed by atoms with van der Waals surface area (Å²) in [5.74, 6) is 0.858. The lowest BCUT2D eigenvalue weighted by atomic mass is 10.3. The van der Waals surface area contributed by atoms with Crippen LogP contribution in [0.2, 0.25) is 0 Å². The molecule has 16 heavy (non-hydrogen) atoms. The zero-order valence-corrected chi connectivity index (χ0v) is 10.3. The lowest BCUT2D eigenvalue weighted by Crippen LogP contribution is -2.16. The second-order valence-electron chi connectivity index (χ2n) is 3.22. The van der Waals surface area contributed by atoms with Crippen LogP contribution in [0.4, 0.5) is 0 Å². The van der Waals surface area contributed by atoms with E-state index in [1.165, 1.54) is 0 Å². The van der Waals surface area contributed by atoms with Crippen molar-refractivity contribution in [1.29, 1.82) is 0 Å². The Labute approximate surface area is 98.9 Å². The molecule has 0 aliphatic carbocycles. The summed E-state index contributed by atoms with van der Waals surface area (Å²) in [7, 11) is 0. The van der Waals surface area contributed by atoms with Crippen LogP contribution in [0.15, 0.2) is 43.5 Å². The Balaban J connectivity index is 0.00000106. The largest absolute Gasteiger partial charge is 0.465 e. The Bertz CT molecular complexity index is 246. The molecule has 0 N–H and O–H groups in total. The molecule has 1 aromatic rings. The normalized spacial score (nSPS) is 11.1. The summed E-state index contributed by atoms with van der Waals surface area (Å²) in [4.78, 5) is 0. The van der Waals surface area contributed by atoms with Gasteiger partial charge in [0, 0.05) is 0 Å². The zero-order valence-electron chi connectivity index (χ0n) is 10.3. The quantitative estimate of drug-likeness (QED) is 0.411. The van der Waals surface area contributed by atoms with Gasteiger partial charge in [0.1, 0.15) is 5.75 Å². The molecule has 1 aromatic carbocycles. The van der Waals surface area contributed by atoms with Gasteiger partial charge in [0.2, 0.25) is 0 Å². The number of rotatable bonds is 6. The van der Waals surface area contributed by atoms with E-state index in [1.807, 2.05) is 37.3 Å². The summed E-state index contributed by atoms with van der Waals surface area (Å²) >= 11 is 0. The van der Waals surface area contributed by atoms with Crippen molar-refractivity contribution in [3.05, 3.63) is 43.5 Å². The summed E-state index contributed by atoms with van der Waals surface area (Å²) in [5.41, 5.74) is 0. The van der Waals surface area contributed by atoms with Crippen LogP contribution in [-0.4, -0.2) is 12.9 Å². The van der Waals surface area contributed by atoms with Crippen LogP contribution in [0, 0.1) is 0 Å². The number of hydrogen-bond donors (Lipinski definition) is 0. The molecule has 2 heteroatoms. The molecule has 1 atom stereocenters. The Morgan fingerprint density at radius 2 is 1.81 bits per heavy atom. The highest BCUT2D eigenvalue weighted by Gasteiger charge is 2.01. The van der Waals surface area contributed by atoms with Crippen molar-refractivity contribution in [1.82, 2.24) is 0 Å². The third-order valence-electron chi connectivity index (χ3n) is 1.90. The fraction of sp³-hybridized carbons (Fsp3) is 0.429. The van der Waals surface area contributed by atoms with Gasteiger partial charge in [0.25, 0.3) is 0 Å². The molecule has 0 radical (unpaired) electrons. The third-order valence-corrected chi connectivity index (χ3v) is 1.90. The fourth-order valence-corrected chi connectivity index (χ4v) is 1.12. The van der Waals surface area contributed by atoms with Crippen LogP contribution in [0.25, 0.3) is 0 Å². The summed E-state index contributed by atoms with van der Waals surface area (Å²) in [6.07, 6.45) is 2.07. The maximum atomic E-state index is 5.54. The van der Waals surface area contributed by atoms with Crippen LogP contribution in [0.3, 0.4) is 0 Å².